The molecule has 5 aliphatic rings. The average molecular weight is 512 g/mol. The molecule has 198 valence electrons. The van der Waals surface area contributed by atoms with Crippen LogP contribution in [-0.4, -0.2) is 0 Å². The Balaban J connectivity index is 1.18. The Hall–Kier alpha value is -3.06. The fourth-order valence-electron chi connectivity index (χ4n) is 9.59. The van der Waals surface area contributed by atoms with E-state index in [1.54, 1.807) is 5.56 Å². The van der Waals surface area contributed by atoms with Crippen LogP contribution in [0.25, 0.3) is 10.8 Å². The molecular weight excluding hydrogens is 470 g/mol. The lowest BCUT2D eigenvalue weighted by Crippen LogP contribution is -2.48. The maximum atomic E-state index is 2.50. The Morgan fingerprint density at radius 1 is 0.564 bits per heavy atom. The van der Waals surface area contributed by atoms with Gasteiger partial charge in [-0.3, -0.25) is 0 Å². The van der Waals surface area contributed by atoms with E-state index < -0.39 is 0 Å². The van der Waals surface area contributed by atoms with Crippen molar-refractivity contribution in [2.24, 2.45) is 17.8 Å². The van der Waals surface area contributed by atoms with E-state index in [-0.39, 0.29) is 0 Å². The van der Waals surface area contributed by atoms with E-state index in [1.807, 2.05) is 0 Å². The van der Waals surface area contributed by atoms with Crippen molar-refractivity contribution >= 4 is 27.8 Å². The molecule has 0 amide bonds. The van der Waals surface area contributed by atoms with Crippen LogP contribution in [0.2, 0.25) is 0 Å². The maximum absolute atomic E-state index is 2.50. The summed E-state index contributed by atoms with van der Waals surface area (Å²) in [5, 5.41) is 2.60. The highest BCUT2D eigenvalue weighted by Gasteiger charge is 2.51. The van der Waals surface area contributed by atoms with Gasteiger partial charge in [0.25, 0.3) is 0 Å². The number of hydrogen-bond acceptors (Lipinski definition) is 1. The van der Waals surface area contributed by atoms with Crippen LogP contribution in [0, 0.1) is 17.8 Å². The standard InChI is InChI=1S/C38H41N/c1-2-7-30(8-3-1)31-13-17-34(18-14-31)39(37-12-6-10-32-9-4-5-11-36(32)37)35-19-15-33(16-20-35)38-24-27-21-28(25-38)23-29(22-27)26-38/h4-6,9-20,27-30H,1-3,7-8,21-26H2. The largest absolute Gasteiger partial charge is 0.310 e. The third-order valence-corrected chi connectivity index (χ3v) is 11.0. The summed E-state index contributed by atoms with van der Waals surface area (Å²) >= 11 is 0. The van der Waals surface area contributed by atoms with E-state index in [0.29, 0.717) is 5.41 Å². The molecule has 5 aliphatic carbocycles. The molecule has 0 unspecified atom stereocenters. The molecule has 0 heterocycles. The first-order chi connectivity index (χ1) is 19.2. The van der Waals surface area contributed by atoms with Gasteiger partial charge in [-0.05, 0) is 127 Å². The topological polar surface area (TPSA) is 3.24 Å². The van der Waals surface area contributed by atoms with Crippen LogP contribution in [0.15, 0.2) is 91.0 Å². The van der Waals surface area contributed by atoms with Crippen molar-refractivity contribution < 1.29 is 0 Å². The van der Waals surface area contributed by atoms with Crippen LogP contribution in [0.4, 0.5) is 17.1 Å². The van der Waals surface area contributed by atoms with Gasteiger partial charge in [-0.2, -0.15) is 0 Å². The first-order valence-corrected chi connectivity index (χ1v) is 15.7. The van der Waals surface area contributed by atoms with Crippen molar-refractivity contribution in [3.8, 4) is 0 Å². The van der Waals surface area contributed by atoms with Gasteiger partial charge in [0.05, 0.1) is 5.69 Å². The molecule has 0 aliphatic heterocycles. The van der Waals surface area contributed by atoms with Crippen molar-refractivity contribution in [1.29, 1.82) is 0 Å². The minimum Gasteiger partial charge on any atom is -0.310 e. The lowest BCUT2D eigenvalue weighted by atomic mass is 9.48. The van der Waals surface area contributed by atoms with Gasteiger partial charge < -0.3 is 4.90 Å². The molecule has 4 aromatic carbocycles. The summed E-state index contributed by atoms with van der Waals surface area (Å²) in [5.41, 5.74) is 7.36. The van der Waals surface area contributed by atoms with Gasteiger partial charge in [0.15, 0.2) is 0 Å². The second-order valence-corrected chi connectivity index (χ2v) is 13.5. The Bertz CT molecular complexity index is 1420. The van der Waals surface area contributed by atoms with Crippen molar-refractivity contribution in [2.75, 3.05) is 4.90 Å². The van der Waals surface area contributed by atoms with E-state index in [2.05, 4.69) is 95.9 Å². The molecule has 4 bridgehead atoms. The molecule has 39 heavy (non-hydrogen) atoms. The number of fused-ring (bicyclic) bond motifs is 1. The first-order valence-electron chi connectivity index (χ1n) is 15.7. The lowest BCUT2D eigenvalue weighted by molar-refractivity contribution is -0.00518. The van der Waals surface area contributed by atoms with E-state index in [9.17, 15) is 0 Å². The van der Waals surface area contributed by atoms with E-state index in [1.165, 1.54) is 104 Å². The molecule has 0 atom stereocenters. The average Bonchev–Trinajstić information content (AvgIpc) is 2.98. The SMILES string of the molecule is c1ccc2c(N(c3ccc(C4CCCCC4)cc3)c3ccc(C45CC6CC(CC(C6)C4)C5)cc3)cccc2c1. The molecule has 5 fully saturated rings. The van der Waals surface area contributed by atoms with Gasteiger partial charge >= 0.3 is 0 Å². The first kappa shape index (κ1) is 23.8. The van der Waals surface area contributed by atoms with Crippen LogP contribution < -0.4 is 4.90 Å². The van der Waals surface area contributed by atoms with Gasteiger partial charge in [0.2, 0.25) is 0 Å². The van der Waals surface area contributed by atoms with Crippen LogP contribution >= 0.6 is 0 Å². The molecule has 0 saturated heterocycles. The van der Waals surface area contributed by atoms with Gasteiger partial charge in [-0.25, -0.2) is 0 Å². The Morgan fingerprint density at radius 3 is 1.82 bits per heavy atom. The van der Waals surface area contributed by atoms with Crippen molar-refractivity contribution in [3.63, 3.8) is 0 Å². The van der Waals surface area contributed by atoms with Crippen molar-refractivity contribution in [2.45, 2.75) is 82.0 Å². The van der Waals surface area contributed by atoms with Gasteiger partial charge in [-0.1, -0.05) is 79.9 Å². The highest BCUT2D eigenvalue weighted by atomic mass is 15.1. The van der Waals surface area contributed by atoms with Crippen LogP contribution in [-0.2, 0) is 5.41 Å². The number of hydrogen-bond donors (Lipinski definition) is 0. The summed E-state index contributed by atoms with van der Waals surface area (Å²) in [7, 11) is 0. The van der Waals surface area contributed by atoms with Crippen LogP contribution in [0.5, 0.6) is 0 Å². The molecule has 4 aromatic rings. The fourth-order valence-corrected chi connectivity index (χ4v) is 9.59. The second-order valence-electron chi connectivity index (χ2n) is 13.5. The molecule has 0 aromatic heterocycles. The summed E-state index contributed by atoms with van der Waals surface area (Å²) in [5.74, 6) is 3.67. The highest BCUT2D eigenvalue weighted by Crippen LogP contribution is 2.60. The van der Waals surface area contributed by atoms with Gasteiger partial charge in [0.1, 0.15) is 0 Å². The van der Waals surface area contributed by atoms with Crippen LogP contribution in [0.3, 0.4) is 0 Å². The molecular formula is C38H41N. The number of anilines is 3. The summed E-state index contributed by atoms with van der Waals surface area (Å²) < 4.78 is 0. The molecule has 9 rings (SSSR count). The Kier molecular flexibility index (Phi) is 5.82. The number of nitrogens with zero attached hydrogens (tertiary/aromatic N) is 1. The fraction of sp³-hybridized carbons (Fsp3) is 0.421. The minimum absolute atomic E-state index is 0.444. The predicted octanol–water partition coefficient (Wildman–Crippen LogP) is 10.8. The zero-order valence-corrected chi connectivity index (χ0v) is 23.2. The summed E-state index contributed by atoms with van der Waals surface area (Å²) in [6.07, 6.45) is 15.6. The highest BCUT2D eigenvalue weighted by molar-refractivity contribution is 5.98. The molecule has 0 N–H and O–H groups in total. The summed E-state index contributed by atoms with van der Waals surface area (Å²) in [4.78, 5) is 2.50. The Morgan fingerprint density at radius 2 is 1.15 bits per heavy atom. The van der Waals surface area contributed by atoms with Gasteiger partial charge in [0, 0.05) is 16.8 Å². The van der Waals surface area contributed by atoms with Crippen molar-refractivity contribution in [3.05, 3.63) is 102 Å². The third-order valence-electron chi connectivity index (χ3n) is 11.0. The number of benzene rings is 4. The van der Waals surface area contributed by atoms with Crippen molar-refractivity contribution in [1.82, 2.24) is 0 Å². The molecule has 1 heteroatoms. The molecule has 0 spiro atoms. The molecule has 5 saturated carbocycles. The van der Waals surface area contributed by atoms with Crippen LogP contribution in [0.1, 0.15) is 87.7 Å². The summed E-state index contributed by atoms with van der Waals surface area (Å²) in [6, 6.07) is 35.0. The second kappa shape index (κ2) is 9.54. The normalized spacial score (nSPS) is 28.2. The zero-order chi connectivity index (χ0) is 25.8. The predicted molar refractivity (Wildman–Crippen MR) is 164 cm³/mol. The number of rotatable bonds is 5. The molecule has 1 nitrogen and oxygen atoms in total. The van der Waals surface area contributed by atoms with E-state index in [0.717, 1.165) is 23.7 Å². The summed E-state index contributed by atoms with van der Waals surface area (Å²) in [6.45, 7) is 0. The van der Waals surface area contributed by atoms with E-state index in [4.69, 9.17) is 0 Å². The molecule has 0 radical (unpaired) electrons. The maximum Gasteiger partial charge on any atom is 0.0540 e. The third kappa shape index (κ3) is 4.21. The van der Waals surface area contributed by atoms with E-state index >= 15 is 0 Å². The zero-order valence-electron chi connectivity index (χ0n) is 23.2. The smallest absolute Gasteiger partial charge is 0.0540 e. The van der Waals surface area contributed by atoms with Gasteiger partial charge in [-0.15, -0.1) is 0 Å². The lowest BCUT2D eigenvalue weighted by Gasteiger charge is -2.57. The Labute approximate surface area is 234 Å². The quantitative estimate of drug-likeness (QED) is 0.257. The monoisotopic (exact) mass is 511 g/mol. The minimum atomic E-state index is 0.444.